The molecule has 0 aromatic heterocycles. The van der Waals surface area contributed by atoms with Gasteiger partial charge in [0, 0.05) is 19.3 Å². The van der Waals surface area contributed by atoms with Gasteiger partial charge in [-0.1, -0.05) is 203 Å². The molecule has 0 aromatic carbocycles. The molecule has 6 nitrogen and oxygen atoms in total. The summed E-state index contributed by atoms with van der Waals surface area (Å²) in [5.74, 6) is -0.952. The van der Waals surface area contributed by atoms with Gasteiger partial charge in [0.15, 0.2) is 6.10 Å². The summed E-state index contributed by atoms with van der Waals surface area (Å²) in [6.45, 7) is 6.47. The van der Waals surface area contributed by atoms with Gasteiger partial charge in [0.05, 0.1) is 0 Å². The number of hydrogen-bond acceptors (Lipinski definition) is 6. The number of unbranched alkanes of at least 4 members (excludes halogenated alkanes) is 22. The lowest BCUT2D eigenvalue weighted by atomic mass is 10.1. The van der Waals surface area contributed by atoms with E-state index in [2.05, 4.69) is 93.7 Å². The molecule has 1 atom stereocenters. The van der Waals surface area contributed by atoms with Crippen LogP contribution in [0, 0.1) is 0 Å². The van der Waals surface area contributed by atoms with Gasteiger partial charge in [-0.05, 0) is 64.2 Å². The molecule has 0 heterocycles. The van der Waals surface area contributed by atoms with Gasteiger partial charge in [-0.3, -0.25) is 14.4 Å². The monoisotopic (exact) mass is 795 g/mol. The first-order valence-electron chi connectivity index (χ1n) is 23.5. The van der Waals surface area contributed by atoms with Gasteiger partial charge < -0.3 is 14.2 Å². The minimum atomic E-state index is -0.795. The van der Waals surface area contributed by atoms with Crippen molar-refractivity contribution in [3.63, 3.8) is 0 Å². The molecule has 0 amide bonds. The molecule has 0 aromatic rings. The Labute approximate surface area is 351 Å². The zero-order valence-electron chi connectivity index (χ0n) is 37.1. The Hall–Kier alpha value is -3.15. The first-order valence-corrected chi connectivity index (χ1v) is 23.5. The van der Waals surface area contributed by atoms with E-state index in [-0.39, 0.29) is 31.1 Å². The van der Waals surface area contributed by atoms with E-state index < -0.39 is 6.10 Å². The Morgan fingerprint density at radius 3 is 1.11 bits per heavy atom. The van der Waals surface area contributed by atoms with Crippen LogP contribution in [0.15, 0.2) is 72.9 Å². The second kappa shape index (κ2) is 45.6. The average Bonchev–Trinajstić information content (AvgIpc) is 3.21. The van der Waals surface area contributed by atoms with Crippen molar-refractivity contribution in [2.75, 3.05) is 13.2 Å². The summed E-state index contributed by atoms with van der Waals surface area (Å²) in [6.07, 6.45) is 55.9. The molecule has 57 heavy (non-hydrogen) atoms. The van der Waals surface area contributed by atoms with Crippen molar-refractivity contribution in [2.45, 2.75) is 219 Å². The lowest BCUT2D eigenvalue weighted by Crippen LogP contribution is -2.30. The normalized spacial score (nSPS) is 12.7. The summed E-state index contributed by atoms with van der Waals surface area (Å²) in [6, 6.07) is 0. The van der Waals surface area contributed by atoms with Crippen molar-refractivity contribution in [3.8, 4) is 0 Å². The van der Waals surface area contributed by atoms with Crippen molar-refractivity contribution in [1.29, 1.82) is 0 Å². The fourth-order valence-electron chi connectivity index (χ4n) is 6.19. The smallest absolute Gasteiger partial charge is 0.306 e. The quantitative estimate of drug-likeness (QED) is 0.0265. The van der Waals surface area contributed by atoms with E-state index in [1.807, 2.05) is 0 Å². The molecule has 0 saturated carbocycles. The van der Waals surface area contributed by atoms with Crippen LogP contribution in [0.2, 0.25) is 0 Å². The molecule has 0 aliphatic rings. The molecule has 0 aliphatic heterocycles. The third-order valence-electron chi connectivity index (χ3n) is 9.81. The maximum absolute atomic E-state index is 12.7. The highest BCUT2D eigenvalue weighted by Crippen LogP contribution is 2.13. The maximum Gasteiger partial charge on any atom is 0.306 e. The number of hydrogen-bond donors (Lipinski definition) is 0. The van der Waals surface area contributed by atoms with Crippen molar-refractivity contribution >= 4 is 17.9 Å². The molecule has 0 fully saturated rings. The fourth-order valence-corrected chi connectivity index (χ4v) is 6.19. The minimum Gasteiger partial charge on any atom is -0.462 e. The van der Waals surface area contributed by atoms with E-state index in [1.54, 1.807) is 0 Å². The topological polar surface area (TPSA) is 78.9 Å². The summed E-state index contributed by atoms with van der Waals surface area (Å²) < 4.78 is 16.7. The standard InChI is InChI=1S/C51H86O6/c1-4-7-10-13-16-19-22-23-24-25-26-27-28-30-32-35-38-41-44-50(53)56-47-48(46-55-49(52)43-40-37-34-31-21-18-15-12-9-6-3)57-51(54)45-42-39-36-33-29-20-17-14-11-8-5-2/h14,16-17,19-20,22-27,29,48H,4-13,15,18,21,28,30-47H2,1-3H3/b17-14-,19-16-,23-22-,25-24-,27-26-,29-20-. The second-order valence-electron chi connectivity index (χ2n) is 15.4. The molecule has 0 N–H and O–H groups in total. The minimum absolute atomic E-state index is 0.0936. The first-order chi connectivity index (χ1) is 28.0. The second-order valence-corrected chi connectivity index (χ2v) is 15.4. The van der Waals surface area contributed by atoms with E-state index in [0.717, 1.165) is 96.3 Å². The Balaban J connectivity index is 4.43. The average molecular weight is 795 g/mol. The molecule has 0 bridgehead atoms. The molecular formula is C51H86O6. The Bertz CT molecular complexity index is 1100. The zero-order chi connectivity index (χ0) is 41.5. The predicted octanol–water partition coefficient (Wildman–Crippen LogP) is 15.1. The first kappa shape index (κ1) is 53.9. The highest BCUT2D eigenvalue weighted by Gasteiger charge is 2.19. The van der Waals surface area contributed by atoms with Crippen LogP contribution < -0.4 is 0 Å². The third kappa shape index (κ3) is 43.8. The maximum atomic E-state index is 12.7. The van der Waals surface area contributed by atoms with Crippen molar-refractivity contribution in [1.82, 2.24) is 0 Å². The predicted molar refractivity (Wildman–Crippen MR) is 242 cm³/mol. The van der Waals surface area contributed by atoms with Crippen LogP contribution in [-0.2, 0) is 28.6 Å². The van der Waals surface area contributed by atoms with E-state index in [4.69, 9.17) is 14.2 Å². The molecule has 0 rings (SSSR count). The van der Waals surface area contributed by atoms with Crippen LogP contribution in [0.25, 0.3) is 0 Å². The molecule has 0 spiro atoms. The van der Waals surface area contributed by atoms with Crippen LogP contribution in [-0.4, -0.2) is 37.2 Å². The van der Waals surface area contributed by atoms with Crippen LogP contribution >= 0.6 is 0 Å². The van der Waals surface area contributed by atoms with E-state index >= 15 is 0 Å². The summed E-state index contributed by atoms with van der Waals surface area (Å²) in [4.78, 5) is 37.7. The highest BCUT2D eigenvalue weighted by molar-refractivity contribution is 5.71. The van der Waals surface area contributed by atoms with Crippen LogP contribution in [0.3, 0.4) is 0 Å². The van der Waals surface area contributed by atoms with Crippen LogP contribution in [0.4, 0.5) is 0 Å². The summed E-state index contributed by atoms with van der Waals surface area (Å²) in [7, 11) is 0. The number of esters is 3. The summed E-state index contributed by atoms with van der Waals surface area (Å²) in [5.41, 5.74) is 0. The molecule has 326 valence electrons. The van der Waals surface area contributed by atoms with Gasteiger partial charge in [0.1, 0.15) is 13.2 Å². The van der Waals surface area contributed by atoms with Gasteiger partial charge in [0.25, 0.3) is 0 Å². The Kier molecular flexibility index (Phi) is 43.0. The lowest BCUT2D eigenvalue weighted by Gasteiger charge is -2.18. The summed E-state index contributed by atoms with van der Waals surface area (Å²) >= 11 is 0. The van der Waals surface area contributed by atoms with E-state index in [0.29, 0.717) is 19.3 Å². The Morgan fingerprint density at radius 2 is 0.649 bits per heavy atom. The number of carbonyl (C=O) groups is 3. The molecular weight excluding hydrogens is 709 g/mol. The van der Waals surface area contributed by atoms with Crippen LogP contribution in [0.1, 0.15) is 213 Å². The van der Waals surface area contributed by atoms with Gasteiger partial charge in [-0.2, -0.15) is 0 Å². The van der Waals surface area contributed by atoms with Crippen LogP contribution in [0.5, 0.6) is 0 Å². The number of carbonyl (C=O) groups excluding carboxylic acids is 3. The molecule has 0 saturated heterocycles. The van der Waals surface area contributed by atoms with Crippen molar-refractivity contribution in [3.05, 3.63) is 72.9 Å². The SMILES string of the molecule is CCCC/C=C\C=C/CCCCCC(=O)OC(COC(=O)CCCCCCC\C=C/C=C\C=C/C=C\CCCCC)COC(=O)CCCCCCCCCCCC. The fraction of sp³-hybridized carbons (Fsp3) is 0.706. The highest BCUT2D eigenvalue weighted by atomic mass is 16.6. The van der Waals surface area contributed by atoms with Crippen molar-refractivity contribution in [2.24, 2.45) is 0 Å². The van der Waals surface area contributed by atoms with Gasteiger partial charge in [-0.15, -0.1) is 0 Å². The van der Waals surface area contributed by atoms with E-state index in [9.17, 15) is 14.4 Å². The molecule has 0 radical (unpaired) electrons. The number of rotatable bonds is 41. The zero-order valence-corrected chi connectivity index (χ0v) is 37.1. The summed E-state index contributed by atoms with van der Waals surface area (Å²) in [5, 5.41) is 0. The molecule has 0 aliphatic carbocycles. The lowest BCUT2D eigenvalue weighted by molar-refractivity contribution is -0.167. The van der Waals surface area contributed by atoms with E-state index in [1.165, 1.54) is 77.0 Å². The largest absolute Gasteiger partial charge is 0.462 e. The van der Waals surface area contributed by atoms with Gasteiger partial charge in [0.2, 0.25) is 0 Å². The number of ether oxygens (including phenoxy) is 3. The van der Waals surface area contributed by atoms with Gasteiger partial charge in [-0.25, -0.2) is 0 Å². The van der Waals surface area contributed by atoms with Crippen molar-refractivity contribution < 1.29 is 28.6 Å². The Morgan fingerprint density at radius 1 is 0.351 bits per heavy atom. The third-order valence-corrected chi connectivity index (χ3v) is 9.81. The molecule has 6 heteroatoms. The molecule has 1 unspecified atom stereocenters. The number of allylic oxidation sites excluding steroid dienone is 12. The van der Waals surface area contributed by atoms with Gasteiger partial charge >= 0.3 is 17.9 Å².